The molecule has 2 saturated heterocycles. The van der Waals surface area contributed by atoms with Gasteiger partial charge in [0.1, 0.15) is 12.1 Å². The Morgan fingerprint density at radius 1 is 0.800 bits per heavy atom. The smallest absolute Gasteiger partial charge is 0.237 e. The summed E-state index contributed by atoms with van der Waals surface area (Å²) in [6, 6.07) is 3.93. The number of likely N-dealkylation sites (tertiary alicyclic amines) is 2. The number of nitrogens with one attached hydrogen (secondary N) is 2. The van der Waals surface area contributed by atoms with E-state index in [0.29, 0.717) is 13.1 Å². The maximum atomic E-state index is 12.7. The summed E-state index contributed by atoms with van der Waals surface area (Å²) in [6.45, 7) is 1.93. The molecule has 2 amide bonds. The minimum absolute atomic E-state index is 0.0243. The van der Waals surface area contributed by atoms with Crippen LogP contribution in [0.15, 0.2) is 0 Å². The zero-order valence-corrected chi connectivity index (χ0v) is 17.7. The second-order valence-electron chi connectivity index (χ2n) is 9.55. The van der Waals surface area contributed by atoms with Gasteiger partial charge in [-0.15, -0.1) is 0 Å². The molecule has 0 aromatic carbocycles. The van der Waals surface area contributed by atoms with Crippen LogP contribution in [0.1, 0.15) is 64.2 Å². The minimum Gasteiger partial charge on any atom is -0.326 e. The Balaban J connectivity index is 1.31. The first-order valence-corrected chi connectivity index (χ1v) is 11.4. The summed E-state index contributed by atoms with van der Waals surface area (Å²) in [5.41, 5.74) is -0.122. The third kappa shape index (κ3) is 4.04. The third-order valence-corrected chi connectivity index (χ3v) is 7.74. The predicted molar refractivity (Wildman–Crippen MR) is 110 cm³/mol. The number of carbonyl (C=O) groups excluding carboxylic acids is 2. The van der Waals surface area contributed by atoms with Crippen LogP contribution in [0.5, 0.6) is 0 Å². The van der Waals surface area contributed by atoms with Crippen LogP contribution < -0.4 is 10.6 Å². The number of fused-ring (bicyclic) bond motifs is 2. The predicted octanol–water partition coefficient (Wildman–Crippen LogP) is 1.04. The fourth-order valence-corrected chi connectivity index (χ4v) is 6.10. The van der Waals surface area contributed by atoms with Gasteiger partial charge in [0, 0.05) is 24.2 Å². The molecule has 0 aromatic rings. The van der Waals surface area contributed by atoms with E-state index in [4.69, 9.17) is 0 Å². The molecule has 3 unspecified atom stereocenters. The lowest BCUT2D eigenvalue weighted by molar-refractivity contribution is -0.131. The molecule has 8 nitrogen and oxygen atoms in total. The molecule has 162 valence electrons. The third-order valence-electron chi connectivity index (χ3n) is 7.74. The second kappa shape index (κ2) is 8.53. The molecule has 0 spiro atoms. The normalized spacial score (nSPS) is 35.3. The van der Waals surface area contributed by atoms with Crippen molar-refractivity contribution in [2.24, 2.45) is 0 Å². The SMILES string of the molecule is N#CC1CCCN1C(=O)CNC12CCCC(NCC(=O)N3CCC[C@H]3C#N)(CC1)C2. The van der Waals surface area contributed by atoms with Crippen LogP contribution in [0.2, 0.25) is 0 Å². The van der Waals surface area contributed by atoms with Crippen molar-refractivity contribution in [2.75, 3.05) is 26.2 Å². The molecule has 2 saturated carbocycles. The first kappa shape index (κ1) is 21.1. The lowest BCUT2D eigenvalue weighted by Gasteiger charge is -2.41. The van der Waals surface area contributed by atoms with Crippen LogP contribution >= 0.6 is 0 Å². The Labute approximate surface area is 178 Å². The van der Waals surface area contributed by atoms with E-state index in [1.807, 2.05) is 0 Å². The van der Waals surface area contributed by atoms with Gasteiger partial charge >= 0.3 is 0 Å². The molecule has 4 aliphatic rings. The van der Waals surface area contributed by atoms with Gasteiger partial charge in [-0.3, -0.25) is 9.59 Å². The molecular weight excluding hydrogens is 380 g/mol. The van der Waals surface area contributed by atoms with Gasteiger partial charge in [-0.2, -0.15) is 10.5 Å². The number of carbonyl (C=O) groups is 2. The largest absolute Gasteiger partial charge is 0.326 e. The lowest BCUT2D eigenvalue weighted by Crippen LogP contribution is -2.56. The molecular formula is C22H32N6O2. The fourth-order valence-electron chi connectivity index (χ4n) is 6.10. The van der Waals surface area contributed by atoms with E-state index < -0.39 is 0 Å². The summed E-state index contributed by atoms with van der Waals surface area (Å²) in [5, 5.41) is 25.6. The van der Waals surface area contributed by atoms with E-state index in [0.717, 1.165) is 64.2 Å². The van der Waals surface area contributed by atoms with Crippen molar-refractivity contribution in [2.45, 2.75) is 87.4 Å². The zero-order chi connectivity index (χ0) is 21.2. The average Bonchev–Trinajstić information content (AvgIpc) is 3.48. The molecule has 2 aliphatic heterocycles. The van der Waals surface area contributed by atoms with Crippen LogP contribution in [-0.4, -0.2) is 71.0 Å². The van der Waals surface area contributed by atoms with Crippen LogP contribution in [0.3, 0.4) is 0 Å². The molecule has 2 aliphatic carbocycles. The van der Waals surface area contributed by atoms with E-state index in [-0.39, 0.29) is 48.1 Å². The maximum Gasteiger partial charge on any atom is 0.237 e. The minimum atomic E-state index is -0.277. The van der Waals surface area contributed by atoms with Crippen molar-refractivity contribution in [3.05, 3.63) is 0 Å². The molecule has 8 heteroatoms. The van der Waals surface area contributed by atoms with Gasteiger partial charge in [0.05, 0.1) is 25.2 Å². The standard InChI is InChI=1S/C22H32N6O2/c23-12-17-4-1-10-27(17)19(29)14-25-21-6-3-7-22(16-21,9-8-21)26-15-20(30)28-11-2-5-18(28)13-24/h17-18,25-26H,1-11,14-16H2/t17-,18?,21?,22?/m0/s1. The molecule has 2 N–H and O–H groups in total. The first-order chi connectivity index (χ1) is 14.5. The summed E-state index contributed by atoms with van der Waals surface area (Å²) in [7, 11) is 0. The van der Waals surface area contributed by atoms with Crippen molar-refractivity contribution in [3.8, 4) is 12.1 Å². The van der Waals surface area contributed by atoms with E-state index in [1.165, 1.54) is 0 Å². The molecule has 4 fully saturated rings. The maximum absolute atomic E-state index is 12.7. The van der Waals surface area contributed by atoms with Crippen LogP contribution in [-0.2, 0) is 9.59 Å². The van der Waals surface area contributed by atoms with Gasteiger partial charge in [-0.25, -0.2) is 0 Å². The summed E-state index contributed by atoms with van der Waals surface area (Å²) in [6.07, 6.45) is 9.42. The van der Waals surface area contributed by atoms with Gasteiger partial charge in [-0.1, -0.05) is 0 Å². The van der Waals surface area contributed by atoms with E-state index >= 15 is 0 Å². The molecule has 0 aromatic heterocycles. The molecule has 2 heterocycles. The van der Waals surface area contributed by atoms with E-state index in [9.17, 15) is 20.1 Å². The average molecular weight is 413 g/mol. The molecule has 0 radical (unpaired) electrons. The van der Waals surface area contributed by atoms with Gasteiger partial charge < -0.3 is 20.4 Å². The molecule has 4 rings (SSSR count). The van der Waals surface area contributed by atoms with Crippen molar-refractivity contribution < 1.29 is 9.59 Å². The summed E-state index contributed by atoms with van der Waals surface area (Å²) in [4.78, 5) is 28.7. The number of hydrogen-bond donors (Lipinski definition) is 2. The molecule has 2 bridgehead atoms. The van der Waals surface area contributed by atoms with Crippen LogP contribution in [0.4, 0.5) is 0 Å². The monoisotopic (exact) mass is 412 g/mol. The zero-order valence-electron chi connectivity index (χ0n) is 17.7. The number of hydrogen-bond acceptors (Lipinski definition) is 6. The Hall–Kier alpha value is -2.16. The number of nitriles is 2. The Bertz CT molecular complexity index is 711. The van der Waals surface area contributed by atoms with Crippen molar-refractivity contribution in [1.29, 1.82) is 10.5 Å². The summed E-state index contributed by atoms with van der Waals surface area (Å²) >= 11 is 0. The fraction of sp³-hybridized carbons (Fsp3) is 0.818. The Kier molecular flexibility index (Phi) is 5.99. The first-order valence-electron chi connectivity index (χ1n) is 11.4. The van der Waals surface area contributed by atoms with E-state index in [2.05, 4.69) is 22.8 Å². The van der Waals surface area contributed by atoms with Gasteiger partial charge in [0.2, 0.25) is 11.8 Å². The van der Waals surface area contributed by atoms with Crippen molar-refractivity contribution >= 4 is 11.8 Å². The topological polar surface area (TPSA) is 112 Å². The summed E-state index contributed by atoms with van der Waals surface area (Å²) < 4.78 is 0. The van der Waals surface area contributed by atoms with Crippen molar-refractivity contribution in [3.63, 3.8) is 0 Å². The van der Waals surface area contributed by atoms with Crippen LogP contribution in [0.25, 0.3) is 0 Å². The molecule has 4 atom stereocenters. The summed E-state index contributed by atoms with van der Waals surface area (Å²) in [5.74, 6) is 0.0485. The highest BCUT2D eigenvalue weighted by Crippen LogP contribution is 2.47. The van der Waals surface area contributed by atoms with Gasteiger partial charge in [0.25, 0.3) is 0 Å². The lowest BCUT2D eigenvalue weighted by atomic mass is 9.78. The highest BCUT2D eigenvalue weighted by Gasteiger charge is 2.51. The Morgan fingerprint density at radius 2 is 1.27 bits per heavy atom. The quantitative estimate of drug-likeness (QED) is 0.674. The van der Waals surface area contributed by atoms with E-state index in [1.54, 1.807) is 9.80 Å². The number of rotatable bonds is 6. The number of amides is 2. The number of nitrogens with zero attached hydrogens (tertiary/aromatic N) is 4. The van der Waals surface area contributed by atoms with Gasteiger partial charge in [0.15, 0.2) is 0 Å². The second-order valence-corrected chi connectivity index (χ2v) is 9.55. The highest BCUT2D eigenvalue weighted by atomic mass is 16.2. The van der Waals surface area contributed by atoms with Gasteiger partial charge in [-0.05, 0) is 64.2 Å². The molecule has 30 heavy (non-hydrogen) atoms. The van der Waals surface area contributed by atoms with Crippen molar-refractivity contribution in [1.82, 2.24) is 20.4 Å². The Morgan fingerprint density at radius 3 is 1.70 bits per heavy atom. The highest BCUT2D eigenvalue weighted by molar-refractivity contribution is 5.80. The van der Waals surface area contributed by atoms with Crippen LogP contribution in [0, 0.1) is 22.7 Å².